The molecular formula is C24H25ClN8O3. The number of nitrogen functional groups attached to an aromatic ring is 1. The molecule has 36 heavy (non-hydrogen) atoms. The van der Waals surface area contributed by atoms with Gasteiger partial charge in [0.25, 0.3) is 5.91 Å². The number of fused-ring (bicyclic) bond motifs is 2. The molecule has 1 atom stereocenters. The fraction of sp³-hybridized carbons (Fsp3) is 0.292. The fourth-order valence-electron chi connectivity index (χ4n) is 4.32. The molecular weight excluding hydrogens is 484 g/mol. The number of benzene rings is 1. The smallest absolute Gasteiger partial charge is 0.302 e. The Labute approximate surface area is 211 Å². The molecule has 186 valence electrons. The topological polar surface area (TPSA) is 135 Å². The largest absolute Gasteiger partial charge is 0.423 e. The summed E-state index contributed by atoms with van der Waals surface area (Å²) in [6.07, 6.45) is 7.22. The van der Waals surface area contributed by atoms with Gasteiger partial charge in [0.1, 0.15) is 23.3 Å². The lowest BCUT2D eigenvalue weighted by Gasteiger charge is -2.16. The Morgan fingerprint density at radius 1 is 1.33 bits per heavy atom. The Morgan fingerprint density at radius 3 is 2.97 bits per heavy atom. The standard InChI is InChI=1S/C24H25ClN8O3/c1-31(2)8-3-4-19(34)32-9-7-15(11-32)33-12-16(20-21(26)27-13-28-22(20)33)23(35)30-24-29-17-10-14(25)5-6-18(17)36-24/h3-6,10,12-13,15H,7-9,11H2,1-2H3,(H2,26,27,28)(H,29,30,35)/b4-3+. The van der Waals surface area contributed by atoms with Gasteiger partial charge in [-0.05, 0) is 38.7 Å². The highest BCUT2D eigenvalue weighted by Crippen LogP contribution is 2.31. The first kappa shape index (κ1) is 23.8. The van der Waals surface area contributed by atoms with Crippen molar-refractivity contribution >= 4 is 57.4 Å². The summed E-state index contributed by atoms with van der Waals surface area (Å²) in [5.74, 6) is -0.319. The highest BCUT2D eigenvalue weighted by atomic mass is 35.5. The van der Waals surface area contributed by atoms with Crippen molar-refractivity contribution in [3.63, 3.8) is 0 Å². The number of hydrogen-bond acceptors (Lipinski definition) is 8. The fourth-order valence-corrected chi connectivity index (χ4v) is 4.48. The molecule has 5 rings (SSSR count). The maximum atomic E-state index is 13.3. The van der Waals surface area contributed by atoms with Crippen LogP contribution in [0.2, 0.25) is 5.02 Å². The van der Waals surface area contributed by atoms with Gasteiger partial charge in [0, 0.05) is 36.9 Å². The number of hydrogen-bond donors (Lipinski definition) is 2. The Hall–Kier alpha value is -3.96. The molecule has 1 saturated heterocycles. The number of halogens is 1. The van der Waals surface area contributed by atoms with E-state index in [0.717, 1.165) is 0 Å². The minimum absolute atomic E-state index is 0.0377. The first-order valence-corrected chi connectivity index (χ1v) is 11.8. The molecule has 1 fully saturated rings. The second-order valence-corrected chi connectivity index (χ2v) is 9.32. The van der Waals surface area contributed by atoms with Crippen molar-refractivity contribution in [1.29, 1.82) is 0 Å². The molecule has 0 aliphatic carbocycles. The van der Waals surface area contributed by atoms with Crippen molar-refractivity contribution in [2.75, 3.05) is 44.8 Å². The summed E-state index contributed by atoms with van der Waals surface area (Å²) in [6, 6.07) is 4.98. The van der Waals surface area contributed by atoms with E-state index in [-0.39, 0.29) is 23.8 Å². The van der Waals surface area contributed by atoms with Gasteiger partial charge in [0.15, 0.2) is 5.58 Å². The van der Waals surface area contributed by atoms with Gasteiger partial charge in [-0.2, -0.15) is 4.98 Å². The predicted octanol–water partition coefficient (Wildman–Crippen LogP) is 2.95. The zero-order valence-electron chi connectivity index (χ0n) is 19.8. The van der Waals surface area contributed by atoms with Crippen LogP contribution in [0.15, 0.2) is 47.3 Å². The van der Waals surface area contributed by atoms with Crippen LogP contribution in [0.3, 0.4) is 0 Å². The van der Waals surface area contributed by atoms with Gasteiger partial charge in [-0.1, -0.05) is 17.7 Å². The lowest BCUT2D eigenvalue weighted by Crippen LogP contribution is -2.27. The predicted molar refractivity (Wildman–Crippen MR) is 137 cm³/mol. The van der Waals surface area contributed by atoms with Gasteiger partial charge in [-0.15, -0.1) is 0 Å². The Morgan fingerprint density at radius 2 is 2.17 bits per heavy atom. The number of anilines is 2. The van der Waals surface area contributed by atoms with E-state index >= 15 is 0 Å². The van der Waals surface area contributed by atoms with Crippen LogP contribution in [0.25, 0.3) is 22.1 Å². The number of nitrogens with one attached hydrogen (secondary N) is 1. The summed E-state index contributed by atoms with van der Waals surface area (Å²) in [5, 5.41) is 3.64. The van der Waals surface area contributed by atoms with Crippen molar-refractivity contribution in [2.24, 2.45) is 0 Å². The Balaban J connectivity index is 1.40. The summed E-state index contributed by atoms with van der Waals surface area (Å²) >= 11 is 6.01. The highest BCUT2D eigenvalue weighted by molar-refractivity contribution is 6.31. The Kier molecular flexibility index (Phi) is 6.33. The van der Waals surface area contributed by atoms with Crippen molar-refractivity contribution < 1.29 is 14.0 Å². The molecule has 1 aliphatic heterocycles. The molecule has 11 nitrogen and oxygen atoms in total. The average Bonchev–Trinajstić information content (AvgIpc) is 3.55. The van der Waals surface area contributed by atoms with Crippen molar-refractivity contribution in [3.8, 4) is 0 Å². The van der Waals surface area contributed by atoms with E-state index in [9.17, 15) is 9.59 Å². The van der Waals surface area contributed by atoms with Crippen LogP contribution in [0.5, 0.6) is 0 Å². The Bertz CT molecular complexity index is 1490. The molecule has 2 amide bonds. The number of nitrogens with zero attached hydrogens (tertiary/aromatic N) is 6. The number of carbonyl (C=O) groups is 2. The van der Waals surface area contributed by atoms with Crippen LogP contribution in [0.4, 0.5) is 11.8 Å². The minimum Gasteiger partial charge on any atom is -0.423 e. The second-order valence-electron chi connectivity index (χ2n) is 8.88. The summed E-state index contributed by atoms with van der Waals surface area (Å²) in [6.45, 7) is 1.78. The van der Waals surface area contributed by atoms with E-state index in [1.807, 2.05) is 29.6 Å². The number of amides is 2. The number of oxazole rings is 1. The van der Waals surface area contributed by atoms with Crippen LogP contribution in [0.1, 0.15) is 22.8 Å². The van der Waals surface area contributed by atoms with Gasteiger partial charge >= 0.3 is 6.01 Å². The van der Waals surface area contributed by atoms with E-state index < -0.39 is 5.91 Å². The van der Waals surface area contributed by atoms with E-state index in [1.54, 1.807) is 35.4 Å². The SMILES string of the molecule is CN(C)C/C=C/C(=O)N1CCC(n2cc(C(=O)Nc3nc4cc(Cl)ccc4o3)c3c(N)ncnc32)C1. The van der Waals surface area contributed by atoms with Gasteiger partial charge in [0.2, 0.25) is 5.91 Å². The van der Waals surface area contributed by atoms with Crippen molar-refractivity contribution in [2.45, 2.75) is 12.5 Å². The summed E-state index contributed by atoms with van der Waals surface area (Å²) in [7, 11) is 3.89. The van der Waals surface area contributed by atoms with Gasteiger partial charge in [-0.25, -0.2) is 9.97 Å². The summed E-state index contributed by atoms with van der Waals surface area (Å²) < 4.78 is 7.52. The van der Waals surface area contributed by atoms with E-state index in [4.69, 9.17) is 21.8 Å². The van der Waals surface area contributed by atoms with Crippen LogP contribution in [0, 0.1) is 0 Å². The third-order valence-electron chi connectivity index (χ3n) is 6.05. The second kappa shape index (κ2) is 9.59. The third-order valence-corrected chi connectivity index (χ3v) is 6.29. The lowest BCUT2D eigenvalue weighted by molar-refractivity contribution is -0.125. The lowest BCUT2D eigenvalue weighted by atomic mass is 10.2. The maximum Gasteiger partial charge on any atom is 0.302 e. The maximum absolute atomic E-state index is 13.3. The molecule has 4 aromatic rings. The molecule has 0 saturated carbocycles. The molecule has 0 bridgehead atoms. The van der Waals surface area contributed by atoms with Crippen LogP contribution in [-0.2, 0) is 4.79 Å². The number of aromatic nitrogens is 4. The number of carbonyl (C=O) groups excluding carboxylic acids is 2. The van der Waals surface area contributed by atoms with E-state index in [0.29, 0.717) is 58.8 Å². The van der Waals surface area contributed by atoms with Crippen molar-refractivity contribution in [3.05, 3.63) is 53.5 Å². The van der Waals surface area contributed by atoms with Gasteiger partial charge in [0.05, 0.1) is 17.0 Å². The third kappa shape index (κ3) is 4.62. The number of nitrogens with two attached hydrogens (primary N) is 1. The van der Waals surface area contributed by atoms with Crippen LogP contribution in [-0.4, -0.2) is 74.9 Å². The van der Waals surface area contributed by atoms with E-state index in [2.05, 4.69) is 20.3 Å². The van der Waals surface area contributed by atoms with E-state index in [1.165, 1.54) is 6.33 Å². The number of likely N-dealkylation sites (tertiary alicyclic amines) is 1. The van der Waals surface area contributed by atoms with Crippen LogP contribution >= 0.6 is 11.6 Å². The zero-order chi connectivity index (χ0) is 25.4. The number of likely N-dealkylation sites (N-methyl/N-ethyl adjacent to an activating group) is 1. The van der Waals surface area contributed by atoms with Gasteiger partial charge in [-0.3, -0.25) is 14.9 Å². The highest BCUT2D eigenvalue weighted by Gasteiger charge is 2.30. The first-order chi connectivity index (χ1) is 17.3. The average molecular weight is 509 g/mol. The summed E-state index contributed by atoms with van der Waals surface area (Å²) in [5.41, 5.74) is 8.00. The molecule has 3 N–H and O–H groups in total. The molecule has 1 unspecified atom stereocenters. The molecule has 1 aliphatic rings. The van der Waals surface area contributed by atoms with Crippen LogP contribution < -0.4 is 11.1 Å². The normalized spacial score (nSPS) is 16.1. The molecule has 3 aromatic heterocycles. The molecule has 4 heterocycles. The monoisotopic (exact) mass is 508 g/mol. The zero-order valence-corrected chi connectivity index (χ0v) is 20.6. The molecule has 0 radical (unpaired) electrons. The summed E-state index contributed by atoms with van der Waals surface area (Å²) in [4.78, 5) is 42.4. The van der Waals surface area contributed by atoms with Crippen molar-refractivity contribution in [1.82, 2.24) is 29.3 Å². The minimum atomic E-state index is -0.463. The molecule has 1 aromatic carbocycles. The quantitative estimate of drug-likeness (QED) is 0.379. The molecule has 0 spiro atoms. The first-order valence-electron chi connectivity index (χ1n) is 11.4. The molecule has 12 heteroatoms. The van der Waals surface area contributed by atoms with Gasteiger partial charge < -0.3 is 24.5 Å². The number of rotatable bonds is 6.